The standard InChI is InChI=1S/C11H14Cl2N2O3/c1-11(2,3)18-8(16)4-5-15-10(17)9(13)7(12)6-14-15/h6H,4-5H2,1-3H3. The minimum atomic E-state index is -0.548. The lowest BCUT2D eigenvalue weighted by Gasteiger charge is -2.19. The van der Waals surface area contributed by atoms with E-state index in [9.17, 15) is 9.59 Å². The lowest BCUT2D eigenvalue weighted by atomic mass is 10.2. The molecular weight excluding hydrogens is 279 g/mol. The van der Waals surface area contributed by atoms with Crippen molar-refractivity contribution >= 4 is 29.2 Å². The summed E-state index contributed by atoms with van der Waals surface area (Å²) in [4.78, 5) is 23.1. The van der Waals surface area contributed by atoms with Gasteiger partial charge in [-0.3, -0.25) is 9.59 Å². The van der Waals surface area contributed by atoms with Crippen LogP contribution in [0.4, 0.5) is 0 Å². The molecule has 0 fully saturated rings. The second-order valence-corrected chi connectivity index (χ2v) is 5.46. The number of rotatable bonds is 3. The van der Waals surface area contributed by atoms with Crippen LogP contribution in [-0.4, -0.2) is 21.4 Å². The van der Waals surface area contributed by atoms with Crippen molar-refractivity contribution in [2.24, 2.45) is 0 Å². The molecule has 7 heteroatoms. The molecule has 1 heterocycles. The van der Waals surface area contributed by atoms with Gasteiger partial charge in [0.2, 0.25) is 0 Å². The van der Waals surface area contributed by atoms with Crippen molar-refractivity contribution in [3.63, 3.8) is 0 Å². The van der Waals surface area contributed by atoms with Crippen LogP contribution in [0.1, 0.15) is 27.2 Å². The monoisotopic (exact) mass is 292 g/mol. The van der Waals surface area contributed by atoms with E-state index in [0.717, 1.165) is 4.68 Å². The topological polar surface area (TPSA) is 61.2 Å². The summed E-state index contributed by atoms with van der Waals surface area (Å²) in [6.45, 7) is 5.42. The molecule has 0 saturated heterocycles. The third-order valence-electron chi connectivity index (χ3n) is 1.89. The summed E-state index contributed by atoms with van der Waals surface area (Å²) in [7, 11) is 0. The highest BCUT2D eigenvalue weighted by Gasteiger charge is 2.16. The Bertz CT molecular complexity index is 506. The zero-order valence-electron chi connectivity index (χ0n) is 10.4. The summed E-state index contributed by atoms with van der Waals surface area (Å²) in [6.07, 6.45) is 1.31. The molecule has 0 aliphatic carbocycles. The van der Waals surface area contributed by atoms with Crippen LogP contribution >= 0.6 is 23.2 Å². The van der Waals surface area contributed by atoms with Crippen LogP contribution < -0.4 is 5.56 Å². The number of halogens is 2. The van der Waals surface area contributed by atoms with Crippen LogP contribution in [0, 0.1) is 0 Å². The molecule has 0 aliphatic rings. The van der Waals surface area contributed by atoms with E-state index in [1.54, 1.807) is 20.8 Å². The minimum absolute atomic E-state index is 0.0438. The Balaban J connectivity index is 2.68. The van der Waals surface area contributed by atoms with Gasteiger partial charge < -0.3 is 4.74 Å². The van der Waals surface area contributed by atoms with Crippen LogP contribution in [0.25, 0.3) is 0 Å². The Morgan fingerprint density at radius 1 is 1.44 bits per heavy atom. The molecule has 0 saturated carbocycles. The lowest BCUT2D eigenvalue weighted by molar-refractivity contribution is -0.155. The van der Waals surface area contributed by atoms with Crippen LogP contribution in [0.3, 0.4) is 0 Å². The molecule has 0 bridgehead atoms. The van der Waals surface area contributed by atoms with Crippen molar-refractivity contribution < 1.29 is 9.53 Å². The van der Waals surface area contributed by atoms with Gasteiger partial charge in [-0.25, -0.2) is 4.68 Å². The fourth-order valence-electron chi connectivity index (χ4n) is 1.19. The number of nitrogens with zero attached hydrogens (tertiary/aromatic N) is 2. The molecule has 0 N–H and O–H groups in total. The number of aryl methyl sites for hydroxylation is 1. The number of carbonyl (C=O) groups is 1. The molecule has 0 unspecified atom stereocenters. The molecule has 1 aromatic heterocycles. The number of hydrogen-bond donors (Lipinski definition) is 0. The molecule has 0 aromatic carbocycles. The molecule has 0 spiro atoms. The molecule has 0 aliphatic heterocycles. The van der Waals surface area contributed by atoms with Crippen molar-refractivity contribution in [2.75, 3.05) is 0 Å². The van der Waals surface area contributed by atoms with Crippen molar-refractivity contribution in [1.82, 2.24) is 9.78 Å². The number of ether oxygens (including phenoxy) is 1. The highest BCUT2D eigenvalue weighted by molar-refractivity contribution is 6.41. The number of esters is 1. The van der Waals surface area contributed by atoms with E-state index >= 15 is 0 Å². The Kier molecular flexibility index (Phi) is 4.76. The summed E-state index contributed by atoms with van der Waals surface area (Å²) < 4.78 is 6.19. The van der Waals surface area contributed by atoms with Crippen molar-refractivity contribution in [1.29, 1.82) is 0 Å². The van der Waals surface area contributed by atoms with Crippen molar-refractivity contribution in [3.05, 3.63) is 26.6 Å². The van der Waals surface area contributed by atoms with Gasteiger partial charge in [0, 0.05) is 0 Å². The average molecular weight is 293 g/mol. The van der Waals surface area contributed by atoms with Gasteiger partial charge in [-0.05, 0) is 20.8 Å². The van der Waals surface area contributed by atoms with E-state index in [1.165, 1.54) is 6.20 Å². The van der Waals surface area contributed by atoms with E-state index < -0.39 is 17.1 Å². The lowest BCUT2D eigenvalue weighted by Crippen LogP contribution is -2.28. The SMILES string of the molecule is CC(C)(C)OC(=O)CCn1ncc(Cl)c(Cl)c1=O. The van der Waals surface area contributed by atoms with Gasteiger partial charge in [-0.15, -0.1) is 0 Å². The Morgan fingerprint density at radius 3 is 2.61 bits per heavy atom. The maximum absolute atomic E-state index is 11.6. The van der Waals surface area contributed by atoms with Crippen LogP contribution in [0.2, 0.25) is 10.0 Å². The first-order valence-electron chi connectivity index (χ1n) is 5.33. The maximum Gasteiger partial charge on any atom is 0.308 e. The molecule has 1 rings (SSSR count). The third kappa shape index (κ3) is 4.31. The van der Waals surface area contributed by atoms with E-state index in [1.807, 2.05) is 0 Å². The highest BCUT2D eigenvalue weighted by atomic mass is 35.5. The van der Waals surface area contributed by atoms with Gasteiger partial charge in [-0.1, -0.05) is 23.2 Å². The first-order chi connectivity index (χ1) is 8.20. The first kappa shape index (κ1) is 15.0. The fourth-order valence-corrected chi connectivity index (χ4v) is 1.46. The van der Waals surface area contributed by atoms with Crippen molar-refractivity contribution in [3.8, 4) is 0 Å². The quantitative estimate of drug-likeness (QED) is 0.802. The predicted molar refractivity (Wildman–Crippen MR) is 69.0 cm³/mol. The first-order valence-corrected chi connectivity index (χ1v) is 6.09. The smallest absolute Gasteiger partial charge is 0.308 e. The second kappa shape index (κ2) is 5.71. The molecule has 100 valence electrons. The number of carbonyl (C=O) groups excluding carboxylic acids is 1. The van der Waals surface area contributed by atoms with Gasteiger partial charge in [0.05, 0.1) is 24.2 Å². The minimum Gasteiger partial charge on any atom is -0.460 e. The van der Waals surface area contributed by atoms with E-state index in [2.05, 4.69) is 5.10 Å². The van der Waals surface area contributed by atoms with Gasteiger partial charge in [0.25, 0.3) is 5.56 Å². The second-order valence-electron chi connectivity index (χ2n) is 4.67. The van der Waals surface area contributed by atoms with Gasteiger partial charge in [0.1, 0.15) is 10.6 Å². The molecule has 5 nitrogen and oxygen atoms in total. The summed E-state index contributed by atoms with van der Waals surface area (Å²) in [5, 5.41) is 3.78. The summed E-state index contributed by atoms with van der Waals surface area (Å²) in [6, 6.07) is 0. The average Bonchev–Trinajstić information content (AvgIpc) is 2.22. The molecule has 0 radical (unpaired) electrons. The molecule has 18 heavy (non-hydrogen) atoms. The van der Waals surface area contributed by atoms with Crippen LogP contribution in [-0.2, 0) is 16.1 Å². The van der Waals surface area contributed by atoms with Gasteiger partial charge >= 0.3 is 5.97 Å². The summed E-state index contributed by atoms with van der Waals surface area (Å²) in [5.41, 5.74) is -1.07. The van der Waals surface area contributed by atoms with Gasteiger partial charge in [-0.2, -0.15) is 5.10 Å². The molecule has 0 atom stereocenters. The summed E-state index contributed by atoms with van der Waals surface area (Å²) in [5.74, 6) is -0.401. The van der Waals surface area contributed by atoms with E-state index in [4.69, 9.17) is 27.9 Å². The fraction of sp³-hybridized carbons (Fsp3) is 0.545. The Morgan fingerprint density at radius 2 is 2.06 bits per heavy atom. The van der Waals surface area contributed by atoms with E-state index in [0.29, 0.717) is 0 Å². The van der Waals surface area contributed by atoms with Gasteiger partial charge in [0.15, 0.2) is 0 Å². The van der Waals surface area contributed by atoms with Crippen LogP contribution in [0.5, 0.6) is 0 Å². The highest BCUT2D eigenvalue weighted by Crippen LogP contribution is 2.14. The van der Waals surface area contributed by atoms with Crippen LogP contribution in [0.15, 0.2) is 11.0 Å². The zero-order chi connectivity index (χ0) is 13.9. The molecule has 1 aromatic rings. The zero-order valence-corrected chi connectivity index (χ0v) is 11.9. The molecular formula is C11H14Cl2N2O3. The molecule has 0 amide bonds. The Labute approximate surface area is 115 Å². The maximum atomic E-state index is 11.6. The summed E-state index contributed by atoms with van der Waals surface area (Å²) >= 11 is 11.3. The number of hydrogen-bond acceptors (Lipinski definition) is 4. The Hall–Kier alpha value is -1.07. The predicted octanol–water partition coefficient (Wildman–Crippen LogP) is 2.28. The largest absolute Gasteiger partial charge is 0.460 e. The van der Waals surface area contributed by atoms with E-state index in [-0.39, 0.29) is 23.0 Å². The third-order valence-corrected chi connectivity index (χ3v) is 2.64. The van der Waals surface area contributed by atoms with Crippen molar-refractivity contribution in [2.45, 2.75) is 39.3 Å². The number of aromatic nitrogens is 2. The normalized spacial score (nSPS) is 11.4.